The van der Waals surface area contributed by atoms with Gasteiger partial charge in [0.05, 0.1) is 0 Å². The first kappa shape index (κ1) is 11.4. The fourth-order valence-electron chi connectivity index (χ4n) is 3.38. The molecule has 2 atom stereocenters. The van der Waals surface area contributed by atoms with Crippen LogP contribution in [0.25, 0.3) is 0 Å². The summed E-state index contributed by atoms with van der Waals surface area (Å²) < 4.78 is 5.47. The van der Waals surface area contributed by atoms with E-state index in [1.54, 1.807) is 0 Å². The minimum Gasteiger partial charge on any atom is -0.381 e. The fraction of sp³-hybridized carbons (Fsp3) is 1.00. The van der Waals surface area contributed by atoms with Crippen LogP contribution >= 0.6 is 0 Å². The van der Waals surface area contributed by atoms with Crippen LogP contribution in [0.15, 0.2) is 0 Å². The Bertz CT molecular complexity index is 165. The van der Waals surface area contributed by atoms with Crippen LogP contribution in [0.4, 0.5) is 0 Å². The van der Waals surface area contributed by atoms with Crippen LogP contribution in [-0.2, 0) is 4.74 Å². The quantitative estimate of drug-likeness (QED) is 0.774. The summed E-state index contributed by atoms with van der Waals surface area (Å²) in [5.74, 6) is 1.87. The van der Waals surface area contributed by atoms with Gasteiger partial charge in [-0.3, -0.25) is 0 Å². The van der Waals surface area contributed by atoms with Gasteiger partial charge in [-0.1, -0.05) is 19.8 Å². The van der Waals surface area contributed by atoms with Gasteiger partial charge < -0.3 is 10.1 Å². The van der Waals surface area contributed by atoms with Crippen molar-refractivity contribution >= 4 is 0 Å². The van der Waals surface area contributed by atoms with E-state index in [1.807, 2.05) is 0 Å². The lowest BCUT2D eigenvalue weighted by molar-refractivity contribution is 0.0305. The lowest BCUT2D eigenvalue weighted by Crippen LogP contribution is -2.43. The van der Waals surface area contributed by atoms with E-state index < -0.39 is 0 Å². The zero-order chi connectivity index (χ0) is 10.5. The Labute approximate surface area is 93.8 Å². The first-order valence-electron chi connectivity index (χ1n) is 6.73. The maximum Gasteiger partial charge on any atom is 0.0468 e. The average Bonchev–Trinajstić information content (AvgIpc) is 2.31. The van der Waals surface area contributed by atoms with Gasteiger partial charge in [-0.2, -0.15) is 0 Å². The van der Waals surface area contributed by atoms with Gasteiger partial charge in [0.25, 0.3) is 0 Å². The molecule has 1 heterocycles. The maximum absolute atomic E-state index is 5.47. The van der Waals surface area contributed by atoms with Gasteiger partial charge in [-0.25, -0.2) is 0 Å². The zero-order valence-electron chi connectivity index (χ0n) is 10.0. The summed E-state index contributed by atoms with van der Waals surface area (Å²) in [6, 6.07) is 0.798. The Hall–Kier alpha value is -0.0800. The second kappa shape index (κ2) is 5.86. The standard InChI is InChI=1S/C13H25NO/c1-2-14-13-6-4-3-5-12(13)11-7-9-15-10-8-11/h11-14H,2-10H2,1H3. The van der Waals surface area contributed by atoms with Crippen molar-refractivity contribution in [3.8, 4) is 0 Å². The van der Waals surface area contributed by atoms with Crippen molar-refractivity contribution in [2.45, 2.75) is 51.5 Å². The van der Waals surface area contributed by atoms with Crippen molar-refractivity contribution in [3.05, 3.63) is 0 Å². The molecule has 0 radical (unpaired) electrons. The Morgan fingerprint density at radius 1 is 1.07 bits per heavy atom. The molecular weight excluding hydrogens is 186 g/mol. The van der Waals surface area contributed by atoms with Crippen LogP contribution in [0, 0.1) is 11.8 Å². The Kier molecular flexibility index (Phi) is 4.45. The van der Waals surface area contributed by atoms with E-state index in [0.717, 1.165) is 37.6 Å². The minimum absolute atomic E-state index is 0.798. The SMILES string of the molecule is CCNC1CCCCC1C1CCOCC1. The van der Waals surface area contributed by atoms with Gasteiger partial charge in [0.2, 0.25) is 0 Å². The lowest BCUT2D eigenvalue weighted by Gasteiger charge is -2.39. The third-order valence-corrected chi connectivity index (χ3v) is 4.16. The molecule has 2 rings (SSSR count). The zero-order valence-corrected chi connectivity index (χ0v) is 10.0. The van der Waals surface area contributed by atoms with Crippen LogP contribution in [-0.4, -0.2) is 25.8 Å². The maximum atomic E-state index is 5.47. The molecule has 1 aliphatic carbocycles. The molecule has 0 bridgehead atoms. The molecule has 2 aliphatic rings. The Morgan fingerprint density at radius 3 is 2.53 bits per heavy atom. The molecule has 2 unspecified atom stereocenters. The van der Waals surface area contributed by atoms with Crippen LogP contribution in [0.1, 0.15) is 45.4 Å². The molecule has 1 aliphatic heterocycles. The van der Waals surface area contributed by atoms with Crippen LogP contribution < -0.4 is 5.32 Å². The highest BCUT2D eigenvalue weighted by atomic mass is 16.5. The molecule has 0 spiro atoms. The molecule has 0 amide bonds. The van der Waals surface area contributed by atoms with Gasteiger partial charge in [0, 0.05) is 19.3 Å². The molecular formula is C13H25NO. The monoisotopic (exact) mass is 211 g/mol. The fourth-order valence-corrected chi connectivity index (χ4v) is 3.38. The number of rotatable bonds is 3. The summed E-state index contributed by atoms with van der Waals surface area (Å²) in [6.07, 6.45) is 8.32. The highest BCUT2D eigenvalue weighted by Crippen LogP contribution is 2.35. The molecule has 2 heteroatoms. The molecule has 0 aromatic heterocycles. The highest BCUT2D eigenvalue weighted by molar-refractivity contribution is 4.86. The van der Waals surface area contributed by atoms with Crippen molar-refractivity contribution in [2.24, 2.45) is 11.8 Å². The minimum atomic E-state index is 0.798. The number of hydrogen-bond acceptors (Lipinski definition) is 2. The van der Waals surface area contributed by atoms with Crippen molar-refractivity contribution < 1.29 is 4.74 Å². The predicted octanol–water partition coefficient (Wildman–Crippen LogP) is 2.58. The Balaban J connectivity index is 1.90. The van der Waals surface area contributed by atoms with Crippen molar-refractivity contribution in [1.29, 1.82) is 0 Å². The second-order valence-electron chi connectivity index (χ2n) is 5.06. The highest BCUT2D eigenvalue weighted by Gasteiger charge is 2.31. The molecule has 1 N–H and O–H groups in total. The first-order valence-corrected chi connectivity index (χ1v) is 6.73. The van der Waals surface area contributed by atoms with E-state index in [9.17, 15) is 0 Å². The number of nitrogens with one attached hydrogen (secondary N) is 1. The topological polar surface area (TPSA) is 21.3 Å². The summed E-state index contributed by atoms with van der Waals surface area (Å²) in [5, 5.41) is 3.69. The molecule has 1 saturated carbocycles. The van der Waals surface area contributed by atoms with Crippen molar-refractivity contribution in [1.82, 2.24) is 5.32 Å². The average molecular weight is 211 g/mol. The van der Waals surface area contributed by atoms with Gasteiger partial charge in [0.1, 0.15) is 0 Å². The number of hydrogen-bond donors (Lipinski definition) is 1. The third kappa shape index (κ3) is 2.94. The molecule has 0 aromatic carbocycles. The van der Waals surface area contributed by atoms with Gasteiger partial charge >= 0.3 is 0 Å². The third-order valence-electron chi connectivity index (χ3n) is 4.16. The lowest BCUT2D eigenvalue weighted by atomic mass is 9.73. The first-order chi connectivity index (χ1) is 7.42. The van der Waals surface area contributed by atoms with Crippen molar-refractivity contribution in [3.63, 3.8) is 0 Å². The van der Waals surface area contributed by atoms with Gasteiger partial charge in [-0.15, -0.1) is 0 Å². The van der Waals surface area contributed by atoms with Crippen LogP contribution in [0.2, 0.25) is 0 Å². The molecule has 2 nitrogen and oxygen atoms in total. The largest absolute Gasteiger partial charge is 0.381 e. The van der Waals surface area contributed by atoms with E-state index in [0.29, 0.717) is 0 Å². The van der Waals surface area contributed by atoms with E-state index in [1.165, 1.54) is 38.5 Å². The molecule has 88 valence electrons. The Morgan fingerprint density at radius 2 is 1.80 bits per heavy atom. The smallest absolute Gasteiger partial charge is 0.0468 e. The number of ether oxygens (including phenoxy) is 1. The van der Waals surface area contributed by atoms with Gasteiger partial charge in [-0.05, 0) is 44.1 Å². The molecule has 15 heavy (non-hydrogen) atoms. The molecule has 1 saturated heterocycles. The predicted molar refractivity (Wildman–Crippen MR) is 63.0 cm³/mol. The van der Waals surface area contributed by atoms with E-state index in [-0.39, 0.29) is 0 Å². The van der Waals surface area contributed by atoms with Crippen LogP contribution in [0.3, 0.4) is 0 Å². The summed E-state index contributed by atoms with van der Waals surface area (Å²) in [7, 11) is 0. The van der Waals surface area contributed by atoms with E-state index >= 15 is 0 Å². The van der Waals surface area contributed by atoms with Crippen LogP contribution in [0.5, 0.6) is 0 Å². The van der Waals surface area contributed by atoms with Gasteiger partial charge in [0.15, 0.2) is 0 Å². The molecule has 2 fully saturated rings. The van der Waals surface area contributed by atoms with E-state index in [4.69, 9.17) is 4.74 Å². The van der Waals surface area contributed by atoms with Crippen molar-refractivity contribution in [2.75, 3.05) is 19.8 Å². The second-order valence-corrected chi connectivity index (χ2v) is 5.06. The normalized spacial score (nSPS) is 34.2. The summed E-state index contributed by atoms with van der Waals surface area (Å²) in [4.78, 5) is 0. The summed E-state index contributed by atoms with van der Waals surface area (Å²) in [6.45, 7) is 5.36. The summed E-state index contributed by atoms with van der Waals surface area (Å²) >= 11 is 0. The van der Waals surface area contributed by atoms with E-state index in [2.05, 4.69) is 12.2 Å². The summed E-state index contributed by atoms with van der Waals surface area (Å²) in [5.41, 5.74) is 0. The molecule has 0 aromatic rings.